The van der Waals surface area contributed by atoms with Crippen LogP contribution in [0.25, 0.3) is 0 Å². The van der Waals surface area contributed by atoms with Crippen LogP contribution < -0.4 is 20.1 Å². The van der Waals surface area contributed by atoms with E-state index in [4.69, 9.17) is 9.47 Å². The van der Waals surface area contributed by atoms with Gasteiger partial charge in [-0.3, -0.25) is 0 Å². The molecule has 22 heavy (non-hydrogen) atoms. The zero-order valence-electron chi connectivity index (χ0n) is 14.2. The van der Waals surface area contributed by atoms with Gasteiger partial charge in [0, 0.05) is 13.1 Å². The molecule has 0 unspecified atom stereocenters. The van der Waals surface area contributed by atoms with Crippen LogP contribution in [0, 0.1) is 0 Å². The topological polar surface area (TPSA) is 54.9 Å². The lowest BCUT2D eigenvalue weighted by molar-refractivity contribution is 0.310. The molecule has 0 aliphatic carbocycles. The third-order valence-corrected chi connectivity index (χ3v) is 3.11. The Morgan fingerprint density at radius 2 is 1.95 bits per heavy atom. The van der Waals surface area contributed by atoms with Crippen LogP contribution in [0.5, 0.6) is 11.5 Å². The van der Waals surface area contributed by atoms with Crippen molar-refractivity contribution in [2.75, 3.05) is 26.8 Å². The fourth-order valence-corrected chi connectivity index (χ4v) is 1.98. The highest BCUT2D eigenvalue weighted by Gasteiger charge is 2.05. The highest BCUT2D eigenvalue weighted by molar-refractivity contribution is 5.79. The monoisotopic (exact) mass is 307 g/mol. The van der Waals surface area contributed by atoms with Crippen molar-refractivity contribution in [2.24, 2.45) is 4.99 Å². The van der Waals surface area contributed by atoms with Gasteiger partial charge in [0.2, 0.25) is 0 Å². The number of unbranched alkanes of at least 4 members (excludes halogenated alkanes) is 1. The smallest absolute Gasteiger partial charge is 0.191 e. The molecule has 0 atom stereocenters. The Morgan fingerprint density at radius 3 is 2.59 bits per heavy atom. The second-order valence-corrected chi connectivity index (χ2v) is 4.89. The maximum atomic E-state index is 5.60. The predicted octanol–water partition coefficient (Wildman–Crippen LogP) is 2.95. The molecule has 1 aromatic rings. The molecule has 0 fully saturated rings. The standard InChI is InChI=1S/C17H29N3O2/c1-5-8-11-19-17(18-6-2)20-13-14-9-10-15(21-4)16(12-14)22-7-3/h9-10,12H,5-8,11,13H2,1-4H3,(H2,18,19,20). The quantitative estimate of drug-likeness (QED) is 0.418. The summed E-state index contributed by atoms with van der Waals surface area (Å²) in [4.78, 5) is 4.61. The first-order valence-electron chi connectivity index (χ1n) is 8.07. The predicted molar refractivity (Wildman–Crippen MR) is 91.9 cm³/mol. The van der Waals surface area contributed by atoms with Crippen LogP contribution in [-0.4, -0.2) is 32.8 Å². The lowest BCUT2D eigenvalue weighted by Crippen LogP contribution is -2.37. The molecule has 5 nitrogen and oxygen atoms in total. The zero-order valence-corrected chi connectivity index (χ0v) is 14.2. The summed E-state index contributed by atoms with van der Waals surface area (Å²) in [6.07, 6.45) is 2.31. The summed E-state index contributed by atoms with van der Waals surface area (Å²) in [5, 5.41) is 6.59. The van der Waals surface area contributed by atoms with Crippen molar-refractivity contribution in [1.82, 2.24) is 10.6 Å². The van der Waals surface area contributed by atoms with Gasteiger partial charge in [-0.15, -0.1) is 0 Å². The molecule has 1 aromatic carbocycles. The number of aliphatic imine (C=N–C) groups is 1. The highest BCUT2D eigenvalue weighted by Crippen LogP contribution is 2.28. The Balaban J connectivity index is 2.73. The van der Waals surface area contributed by atoms with Crippen molar-refractivity contribution in [3.8, 4) is 11.5 Å². The van der Waals surface area contributed by atoms with Gasteiger partial charge in [-0.05, 0) is 38.0 Å². The molecule has 0 radical (unpaired) electrons. The molecule has 0 bridgehead atoms. The number of methoxy groups -OCH3 is 1. The maximum absolute atomic E-state index is 5.60. The average Bonchev–Trinajstić information content (AvgIpc) is 2.53. The van der Waals surface area contributed by atoms with E-state index < -0.39 is 0 Å². The summed E-state index contributed by atoms with van der Waals surface area (Å²) in [5.41, 5.74) is 1.09. The molecule has 0 saturated heterocycles. The molecule has 1 rings (SSSR count). The molecular weight excluding hydrogens is 278 g/mol. The van der Waals surface area contributed by atoms with Crippen LogP contribution in [0.3, 0.4) is 0 Å². The molecule has 0 spiro atoms. The van der Waals surface area contributed by atoms with E-state index in [0.29, 0.717) is 13.2 Å². The van der Waals surface area contributed by atoms with Gasteiger partial charge in [-0.25, -0.2) is 4.99 Å². The van der Waals surface area contributed by atoms with E-state index in [-0.39, 0.29) is 0 Å². The summed E-state index contributed by atoms with van der Waals surface area (Å²) in [7, 11) is 1.65. The van der Waals surface area contributed by atoms with Crippen molar-refractivity contribution >= 4 is 5.96 Å². The first-order valence-corrected chi connectivity index (χ1v) is 8.07. The number of hydrogen-bond donors (Lipinski definition) is 2. The first-order chi connectivity index (χ1) is 10.7. The Morgan fingerprint density at radius 1 is 1.14 bits per heavy atom. The summed E-state index contributed by atoms with van der Waals surface area (Å²) >= 11 is 0. The van der Waals surface area contributed by atoms with Crippen molar-refractivity contribution in [1.29, 1.82) is 0 Å². The molecule has 0 amide bonds. The van der Waals surface area contributed by atoms with Crippen molar-refractivity contribution < 1.29 is 9.47 Å². The number of nitrogens with one attached hydrogen (secondary N) is 2. The SMILES string of the molecule is CCCCNC(=NCc1ccc(OC)c(OCC)c1)NCC. The van der Waals surface area contributed by atoms with Gasteiger partial charge >= 0.3 is 0 Å². The molecule has 0 heterocycles. The Bertz CT molecular complexity index is 461. The number of hydrogen-bond acceptors (Lipinski definition) is 3. The Hall–Kier alpha value is -1.91. The lowest BCUT2D eigenvalue weighted by atomic mass is 10.2. The third kappa shape index (κ3) is 6.24. The van der Waals surface area contributed by atoms with Crippen LogP contribution in [-0.2, 0) is 6.54 Å². The molecule has 2 N–H and O–H groups in total. The first kappa shape index (κ1) is 18.1. The van der Waals surface area contributed by atoms with E-state index in [2.05, 4.69) is 29.5 Å². The minimum absolute atomic E-state index is 0.603. The number of ether oxygens (including phenoxy) is 2. The van der Waals surface area contributed by atoms with Gasteiger partial charge in [-0.2, -0.15) is 0 Å². The van der Waals surface area contributed by atoms with E-state index in [1.165, 1.54) is 6.42 Å². The Labute approximate surface area is 134 Å². The second-order valence-electron chi connectivity index (χ2n) is 4.89. The van der Waals surface area contributed by atoms with Crippen LogP contribution in [0.4, 0.5) is 0 Å². The minimum Gasteiger partial charge on any atom is -0.493 e. The number of benzene rings is 1. The normalized spacial score (nSPS) is 11.2. The van der Waals surface area contributed by atoms with Crippen molar-refractivity contribution in [3.05, 3.63) is 23.8 Å². The summed E-state index contributed by atoms with van der Waals surface area (Å²) < 4.78 is 10.9. The summed E-state index contributed by atoms with van der Waals surface area (Å²) in [6, 6.07) is 5.93. The molecule has 0 aliphatic rings. The minimum atomic E-state index is 0.603. The highest BCUT2D eigenvalue weighted by atomic mass is 16.5. The second kappa shape index (κ2) is 10.8. The number of guanidine groups is 1. The van der Waals surface area contributed by atoms with Crippen LogP contribution >= 0.6 is 0 Å². The van der Waals surface area contributed by atoms with Gasteiger partial charge in [0.1, 0.15) is 0 Å². The summed E-state index contributed by atoms with van der Waals surface area (Å²) in [6.45, 7) is 9.22. The number of rotatable bonds is 9. The molecular formula is C17H29N3O2. The largest absolute Gasteiger partial charge is 0.493 e. The van der Waals surface area contributed by atoms with E-state index in [9.17, 15) is 0 Å². The van der Waals surface area contributed by atoms with Gasteiger partial charge in [0.05, 0.1) is 20.3 Å². The maximum Gasteiger partial charge on any atom is 0.191 e. The third-order valence-electron chi connectivity index (χ3n) is 3.11. The van der Waals surface area contributed by atoms with E-state index in [1.54, 1.807) is 7.11 Å². The average molecular weight is 307 g/mol. The lowest BCUT2D eigenvalue weighted by Gasteiger charge is -2.12. The van der Waals surface area contributed by atoms with Gasteiger partial charge < -0.3 is 20.1 Å². The van der Waals surface area contributed by atoms with Gasteiger partial charge in [-0.1, -0.05) is 19.4 Å². The van der Waals surface area contributed by atoms with Crippen LogP contribution in [0.15, 0.2) is 23.2 Å². The molecule has 0 aliphatic heterocycles. The zero-order chi connectivity index (χ0) is 16.2. The summed E-state index contributed by atoms with van der Waals surface area (Å²) in [5.74, 6) is 2.37. The van der Waals surface area contributed by atoms with Gasteiger partial charge in [0.25, 0.3) is 0 Å². The van der Waals surface area contributed by atoms with E-state index in [1.807, 2.05) is 25.1 Å². The fourth-order valence-electron chi connectivity index (χ4n) is 1.98. The molecule has 0 aromatic heterocycles. The van der Waals surface area contributed by atoms with Gasteiger partial charge in [0.15, 0.2) is 17.5 Å². The van der Waals surface area contributed by atoms with Crippen molar-refractivity contribution in [2.45, 2.75) is 40.2 Å². The molecule has 0 saturated carbocycles. The Kier molecular flexibility index (Phi) is 8.88. The van der Waals surface area contributed by atoms with E-state index in [0.717, 1.165) is 42.5 Å². The van der Waals surface area contributed by atoms with E-state index >= 15 is 0 Å². The fraction of sp³-hybridized carbons (Fsp3) is 0.588. The van der Waals surface area contributed by atoms with Crippen molar-refractivity contribution in [3.63, 3.8) is 0 Å². The van der Waals surface area contributed by atoms with Crippen LogP contribution in [0.1, 0.15) is 39.2 Å². The molecule has 5 heteroatoms. The molecule has 124 valence electrons. The van der Waals surface area contributed by atoms with Crippen LogP contribution in [0.2, 0.25) is 0 Å². The number of nitrogens with zero attached hydrogens (tertiary/aromatic N) is 1.